The van der Waals surface area contributed by atoms with Crippen LogP contribution in [0, 0.1) is 0 Å². The zero-order chi connectivity index (χ0) is 14.6. The van der Waals surface area contributed by atoms with Crippen molar-refractivity contribution < 1.29 is 9.53 Å². The molecule has 1 aliphatic heterocycles. The van der Waals surface area contributed by atoms with E-state index in [1.54, 1.807) is 6.08 Å². The number of halogens is 2. The SMILES string of the molecule is CCCCC(Cl)(Cl)C1NC(=O)C(=Cc2ccccc2)O1. The van der Waals surface area contributed by atoms with Gasteiger partial charge < -0.3 is 10.1 Å². The van der Waals surface area contributed by atoms with Gasteiger partial charge in [0.1, 0.15) is 0 Å². The third-order valence-electron chi connectivity index (χ3n) is 3.08. The average Bonchev–Trinajstić information content (AvgIpc) is 2.80. The first kappa shape index (κ1) is 15.2. The van der Waals surface area contributed by atoms with Gasteiger partial charge in [-0.05, 0) is 18.1 Å². The quantitative estimate of drug-likeness (QED) is 0.662. The fourth-order valence-corrected chi connectivity index (χ4v) is 2.40. The Bertz CT molecular complexity index is 500. The Morgan fingerprint density at radius 3 is 2.70 bits per heavy atom. The standard InChI is InChI=1S/C15H17Cl2NO2/c1-2-3-9-15(16,17)14-18-13(19)12(20-14)10-11-7-5-4-6-8-11/h4-8,10,14H,2-3,9H2,1H3,(H,18,19). The third kappa shape index (κ3) is 3.68. The van der Waals surface area contributed by atoms with Crippen LogP contribution in [0.2, 0.25) is 0 Å². The summed E-state index contributed by atoms with van der Waals surface area (Å²) in [6.45, 7) is 2.05. The first-order valence-electron chi connectivity index (χ1n) is 6.65. The molecule has 0 radical (unpaired) electrons. The highest BCUT2D eigenvalue weighted by Crippen LogP contribution is 2.35. The van der Waals surface area contributed by atoms with E-state index in [0.717, 1.165) is 18.4 Å². The van der Waals surface area contributed by atoms with E-state index in [1.807, 2.05) is 30.3 Å². The molecular weight excluding hydrogens is 297 g/mol. The number of benzene rings is 1. The van der Waals surface area contributed by atoms with Crippen molar-refractivity contribution in [3.05, 3.63) is 41.7 Å². The summed E-state index contributed by atoms with van der Waals surface area (Å²) in [5, 5.41) is 2.68. The summed E-state index contributed by atoms with van der Waals surface area (Å²) in [6, 6.07) is 9.48. The predicted molar refractivity (Wildman–Crippen MR) is 81.4 cm³/mol. The number of hydrogen-bond acceptors (Lipinski definition) is 2. The van der Waals surface area contributed by atoms with Crippen molar-refractivity contribution in [2.24, 2.45) is 0 Å². The number of nitrogens with one attached hydrogen (secondary N) is 1. The molecule has 0 aliphatic carbocycles. The minimum Gasteiger partial charge on any atom is -0.462 e. The van der Waals surface area contributed by atoms with Crippen LogP contribution >= 0.6 is 23.2 Å². The van der Waals surface area contributed by atoms with Gasteiger partial charge in [0.2, 0.25) is 6.23 Å². The molecule has 20 heavy (non-hydrogen) atoms. The van der Waals surface area contributed by atoms with Crippen LogP contribution in [0.3, 0.4) is 0 Å². The van der Waals surface area contributed by atoms with Crippen molar-refractivity contribution in [2.45, 2.75) is 36.7 Å². The van der Waals surface area contributed by atoms with Gasteiger partial charge in [-0.1, -0.05) is 73.3 Å². The van der Waals surface area contributed by atoms with E-state index < -0.39 is 10.6 Å². The number of hydrogen-bond donors (Lipinski definition) is 1. The lowest BCUT2D eigenvalue weighted by Crippen LogP contribution is -2.41. The largest absolute Gasteiger partial charge is 0.462 e. The number of carbonyl (C=O) groups is 1. The van der Waals surface area contributed by atoms with Crippen LogP contribution in [0.4, 0.5) is 0 Å². The van der Waals surface area contributed by atoms with Gasteiger partial charge >= 0.3 is 0 Å². The molecule has 1 aromatic rings. The minimum atomic E-state index is -1.11. The summed E-state index contributed by atoms with van der Waals surface area (Å²) in [4.78, 5) is 11.9. The molecule has 0 spiro atoms. The molecule has 2 rings (SSSR count). The number of unbranched alkanes of at least 4 members (excludes halogenated alkanes) is 1. The molecule has 0 bridgehead atoms. The molecule has 1 atom stereocenters. The maximum absolute atomic E-state index is 11.9. The van der Waals surface area contributed by atoms with E-state index in [4.69, 9.17) is 27.9 Å². The van der Waals surface area contributed by atoms with E-state index in [0.29, 0.717) is 6.42 Å². The molecule has 1 unspecified atom stereocenters. The van der Waals surface area contributed by atoms with E-state index >= 15 is 0 Å². The summed E-state index contributed by atoms with van der Waals surface area (Å²) >= 11 is 12.5. The fourth-order valence-electron chi connectivity index (χ4n) is 1.94. The smallest absolute Gasteiger partial charge is 0.289 e. The van der Waals surface area contributed by atoms with Crippen molar-refractivity contribution in [1.82, 2.24) is 5.32 Å². The number of rotatable bonds is 5. The number of amides is 1. The maximum atomic E-state index is 11.9. The van der Waals surface area contributed by atoms with Crippen molar-refractivity contribution >= 4 is 35.2 Å². The number of ether oxygens (including phenoxy) is 1. The lowest BCUT2D eigenvalue weighted by molar-refractivity contribution is -0.116. The molecule has 1 saturated heterocycles. The summed E-state index contributed by atoms with van der Waals surface area (Å²) in [5.41, 5.74) is 0.890. The van der Waals surface area contributed by atoms with Crippen molar-refractivity contribution in [3.63, 3.8) is 0 Å². The Hall–Kier alpha value is -1.19. The van der Waals surface area contributed by atoms with Crippen molar-refractivity contribution in [1.29, 1.82) is 0 Å². The van der Waals surface area contributed by atoms with Gasteiger partial charge in [-0.15, -0.1) is 0 Å². The van der Waals surface area contributed by atoms with Crippen LogP contribution < -0.4 is 5.32 Å². The first-order chi connectivity index (χ1) is 9.53. The van der Waals surface area contributed by atoms with E-state index in [-0.39, 0.29) is 11.7 Å². The molecule has 0 saturated carbocycles. The summed E-state index contributed by atoms with van der Waals surface area (Å²) in [5.74, 6) is -0.0515. The fraction of sp³-hybridized carbons (Fsp3) is 0.400. The molecule has 1 aromatic carbocycles. The van der Waals surface area contributed by atoms with Crippen LogP contribution in [0.25, 0.3) is 6.08 Å². The van der Waals surface area contributed by atoms with Gasteiger partial charge in [0.25, 0.3) is 5.91 Å². The normalized spacial score (nSPS) is 20.9. The van der Waals surface area contributed by atoms with E-state index in [9.17, 15) is 4.79 Å². The van der Waals surface area contributed by atoms with Crippen LogP contribution in [-0.4, -0.2) is 16.5 Å². The molecule has 1 amide bonds. The Morgan fingerprint density at radius 1 is 1.35 bits per heavy atom. The summed E-state index contributed by atoms with van der Waals surface area (Å²) < 4.78 is 4.46. The average molecular weight is 314 g/mol. The van der Waals surface area contributed by atoms with Gasteiger partial charge in [0.05, 0.1) is 0 Å². The Kier molecular flexibility index (Phi) is 4.95. The van der Waals surface area contributed by atoms with Gasteiger partial charge in [-0.2, -0.15) is 0 Å². The lowest BCUT2D eigenvalue weighted by Gasteiger charge is -2.24. The second kappa shape index (κ2) is 6.51. The van der Waals surface area contributed by atoms with Gasteiger partial charge in [0.15, 0.2) is 10.1 Å². The zero-order valence-electron chi connectivity index (χ0n) is 11.2. The highest BCUT2D eigenvalue weighted by Gasteiger charge is 2.43. The molecule has 1 heterocycles. The van der Waals surface area contributed by atoms with Crippen LogP contribution in [0.15, 0.2) is 36.1 Å². The molecule has 1 fully saturated rings. The highest BCUT2D eigenvalue weighted by molar-refractivity contribution is 6.49. The molecule has 1 aliphatic rings. The number of carbonyl (C=O) groups excluding carboxylic acids is 1. The van der Waals surface area contributed by atoms with Gasteiger partial charge in [-0.3, -0.25) is 4.79 Å². The lowest BCUT2D eigenvalue weighted by atomic mass is 10.2. The third-order valence-corrected chi connectivity index (χ3v) is 3.85. The van der Waals surface area contributed by atoms with Crippen LogP contribution in [0.5, 0.6) is 0 Å². The second-order valence-corrected chi connectivity index (χ2v) is 6.30. The van der Waals surface area contributed by atoms with Crippen LogP contribution in [-0.2, 0) is 9.53 Å². The summed E-state index contributed by atoms with van der Waals surface area (Å²) in [7, 11) is 0. The Labute approximate surface area is 128 Å². The highest BCUT2D eigenvalue weighted by atomic mass is 35.5. The van der Waals surface area contributed by atoms with Crippen molar-refractivity contribution in [3.8, 4) is 0 Å². The Balaban J connectivity index is 2.09. The molecular formula is C15H17Cl2NO2. The molecule has 0 aromatic heterocycles. The minimum absolute atomic E-state index is 0.239. The Morgan fingerprint density at radius 2 is 2.05 bits per heavy atom. The number of alkyl halides is 2. The van der Waals surface area contributed by atoms with E-state index in [1.165, 1.54) is 0 Å². The molecule has 3 nitrogen and oxygen atoms in total. The van der Waals surface area contributed by atoms with Gasteiger partial charge in [-0.25, -0.2) is 0 Å². The van der Waals surface area contributed by atoms with E-state index in [2.05, 4.69) is 12.2 Å². The first-order valence-corrected chi connectivity index (χ1v) is 7.40. The molecule has 5 heteroatoms. The monoisotopic (exact) mass is 313 g/mol. The molecule has 108 valence electrons. The summed E-state index contributed by atoms with van der Waals surface area (Å²) in [6.07, 6.45) is 3.39. The zero-order valence-corrected chi connectivity index (χ0v) is 12.7. The maximum Gasteiger partial charge on any atom is 0.289 e. The van der Waals surface area contributed by atoms with Gasteiger partial charge in [0, 0.05) is 0 Å². The topological polar surface area (TPSA) is 38.3 Å². The van der Waals surface area contributed by atoms with Crippen LogP contribution in [0.1, 0.15) is 31.7 Å². The van der Waals surface area contributed by atoms with Crippen molar-refractivity contribution in [2.75, 3.05) is 0 Å². The predicted octanol–water partition coefficient (Wildman–Crippen LogP) is 3.86. The molecule has 1 N–H and O–H groups in total. The second-order valence-electron chi connectivity index (χ2n) is 4.76.